The molecule has 3 heteroatoms. The van der Waals surface area contributed by atoms with E-state index in [1.54, 1.807) is 18.7 Å². The molecule has 2 aromatic carbocycles. The van der Waals surface area contributed by atoms with E-state index in [1.165, 1.54) is 9.79 Å². The van der Waals surface area contributed by atoms with Crippen LogP contribution < -0.4 is 0 Å². The summed E-state index contributed by atoms with van der Waals surface area (Å²) in [5, 5.41) is 11.9. The van der Waals surface area contributed by atoms with Crippen molar-refractivity contribution in [3.63, 3.8) is 0 Å². The topological polar surface area (TPSA) is 32.6 Å². The van der Waals surface area contributed by atoms with Gasteiger partial charge in [-0.1, -0.05) is 47.2 Å². The van der Waals surface area contributed by atoms with Crippen molar-refractivity contribution in [3.8, 4) is 0 Å². The Balaban J connectivity index is 2.14. The van der Waals surface area contributed by atoms with Gasteiger partial charge in [-0.2, -0.15) is 0 Å². The zero-order chi connectivity index (χ0) is 12.1. The Hall–Kier alpha value is -1.74. The third-order valence-electron chi connectivity index (χ3n) is 2.40. The standard InChI is InChI=1S/C14H13NOS/c1-11(15-16)12-7-9-14(10-8-12)17-13-5-3-2-4-6-13/h2-10,16H,1H3/b15-11-. The smallest absolute Gasteiger partial charge is 0.0836 e. The van der Waals surface area contributed by atoms with Crippen LogP contribution in [0.25, 0.3) is 0 Å². The minimum Gasteiger partial charge on any atom is -0.411 e. The molecule has 0 aromatic heterocycles. The van der Waals surface area contributed by atoms with Crippen molar-refractivity contribution in [3.05, 3.63) is 60.2 Å². The Morgan fingerprint density at radius 2 is 1.53 bits per heavy atom. The molecular weight excluding hydrogens is 230 g/mol. The fourth-order valence-corrected chi connectivity index (χ4v) is 2.28. The molecule has 0 radical (unpaired) electrons. The zero-order valence-corrected chi connectivity index (χ0v) is 10.3. The maximum atomic E-state index is 8.68. The second-order valence-electron chi connectivity index (χ2n) is 3.62. The Bertz CT molecular complexity index is 506. The van der Waals surface area contributed by atoms with Gasteiger partial charge in [-0.15, -0.1) is 0 Å². The van der Waals surface area contributed by atoms with Crippen LogP contribution in [0, 0.1) is 0 Å². The average molecular weight is 243 g/mol. The largest absolute Gasteiger partial charge is 0.411 e. The number of nitrogens with zero attached hydrogens (tertiary/aromatic N) is 1. The molecule has 0 unspecified atom stereocenters. The van der Waals surface area contributed by atoms with Crippen LogP contribution in [0.4, 0.5) is 0 Å². The molecule has 86 valence electrons. The summed E-state index contributed by atoms with van der Waals surface area (Å²) in [5.41, 5.74) is 1.56. The van der Waals surface area contributed by atoms with Crippen LogP contribution in [-0.4, -0.2) is 10.9 Å². The van der Waals surface area contributed by atoms with E-state index < -0.39 is 0 Å². The first kappa shape index (κ1) is 11.7. The molecule has 0 saturated carbocycles. The molecule has 0 amide bonds. The summed E-state index contributed by atoms with van der Waals surface area (Å²) in [7, 11) is 0. The SMILES string of the molecule is C/C(=N/O)c1ccc(Sc2ccccc2)cc1. The maximum Gasteiger partial charge on any atom is 0.0836 e. The van der Waals surface area contributed by atoms with Crippen LogP contribution in [0.2, 0.25) is 0 Å². The van der Waals surface area contributed by atoms with Gasteiger partial charge in [0.2, 0.25) is 0 Å². The Morgan fingerprint density at radius 3 is 2.12 bits per heavy atom. The highest BCUT2D eigenvalue weighted by Gasteiger charge is 1.99. The molecule has 0 spiro atoms. The fourth-order valence-electron chi connectivity index (χ4n) is 1.45. The first-order valence-corrected chi connectivity index (χ1v) is 6.13. The fraction of sp³-hybridized carbons (Fsp3) is 0.0714. The molecule has 2 nitrogen and oxygen atoms in total. The predicted molar refractivity (Wildman–Crippen MR) is 71.0 cm³/mol. The Morgan fingerprint density at radius 1 is 0.941 bits per heavy atom. The van der Waals surface area contributed by atoms with Gasteiger partial charge >= 0.3 is 0 Å². The van der Waals surface area contributed by atoms with Crippen molar-refractivity contribution < 1.29 is 5.21 Å². The third-order valence-corrected chi connectivity index (χ3v) is 3.42. The van der Waals surface area contributed by atoms with Crippen molar-refractivity contribution in [2.45, 2.75) is 16.7 Å². The Kier molecular flexibility index (Phi) is 3.83. The van der Waals surface area contributed by atoms with E-state index in [2.05, 4.69) is 17.3 Å². The van der Waals surface area contributed by atoms with Crippen LogP contribution in [0.5, 0.6) is 0 Å². The minimum absolute atomic E-state index is 0.626. The molecule has 0 bridgehead atoms. The molecule has 2 rings (SSSR count). The molecular formula is C14H13NOS. The van der Waals surface area contributed by atoms with Gasteiger partial charge in [0.05, 0.1) is 5.71 Å². The molecule has 2 aromatic rings. The van der Waals surface area contributed by atoms with E-state index in [1.807, 2.05) is 42.5 Å². The number of oxime groups is 1. The lowest BCUT2D eigenvalue weighted by Gasteiger charge is -2.03. The molecule has 0 saturated heterocycles. The third kappa shape index (κ3) is 3.11. The van der Waals surface area contributed by atoms with Crippen LogP contribution in [0.3, 0.4) is 0 Å². The second-order valence-corrected chi connectivity index (χ2v) is 4.77. The number of hydrogen-bond acceptors (Lipinski definition) is 3. The maximum absolute atomic E-state index is 8.68. The molecule has 0 aliphatic heterocycles. The number of hydrogen-bond donors (Lipinski definition) is 1. The van der Waals surface area contributed by atoms with Gasteiger partial charge in [-0.25, -0.2) is 0 Å². The van der Waals surface area contributed by atoms with Crippen molar-refractivity contribution >= 4 is 17.5 Å². The van der Waals surface area contributed by atoms with E-state index in [-0.39, 0.29) is 0 Å². The Labute approximate surface area is 105 Å². The van der Waals surface area contributed by atoms with Gasteiger partial charge in [0, 0.05) is 9.79 Å². The summed E-state index contributed by atoms with van der Waals surface area (Å²) >= 11 is 1.71. The first-order valence-electron chi connectivity index (χ1n) is 5.31. The number of rotatable bonds is 3. The van der Waals surface area contributed by atoms with Crippen molar-refractivity contribution in [1.29, 1.82) is 0 Å². The summed E-state index contributed by atoms with van der Waals surface area (Å²) in [6.45, 7) is 1.78. The lowest BCUT2D eigenvalue weighted by atomic mass is 10.1. The summed E-state index contributed by atoms with van der Waals surface area (Å²) < 4.78 is 0. The van der Waals surface area contributed by atoms with Crippen LogP contribution in [-0.2, 0) is 0 Å². The van der Waals surface area contributed by atoms with Crippen LogP contribution >= 0.6 is 11.8 Å². The predicted octanol–water partition coefficient (Wildman–Crippen LogP) is 4.04. The van der Waals surface area contributed by atoms with E-state index >= 15 is 0 Å². The normalized spacial score (nSPS) is 11.5. The molecule has 0 heterocycles. The summed E-state index contributed by atoms with van der Waals surface area (Å²) in [6, 6.07) is 18.2. The minimum atomic E-state index is 0.626. The summed E-state index contributed by atoms with van der Waals surface area (Å²) in [4.78, 5) is 2.39. The lowest BCUT2D eigenvalue weighted by Crippen LogP contribution is -1.93. The van der Waals surface area contributed by atoms with E-state index in [9.17, 15) is 0 Å². The quantitative estimate of drug-likeness (QED) is 0.501. The number of benzene rings is 2. The van der Waals surface area contributed by atoms with Crippen LogP contribution in [0.15, 0.2) is 69.5 Å². The van der Waals surface area contributed by atoms with Gasteiger partial charge in [0.15, 0.2) is 0 Å². The van der Waals surface area contributed by atoms with Crippen molar-refractivity contribution in [1.82, 2.24) is 0 Å². The van der Waals surface area contributed by atoms with E-state index in [0.717, 1.165) is 5.56 Å². The van der Waals surface area contributed by atoms with Gasteiger partial charge in [-0.05, 0) is 36.8 Å². The van der Waals surface area contributed by atoms with Crippen molar-refractivity contribution in [2.24, 2.45) is 5.16 Å². The first-order chi connectivity index (χ1) is 8.29. The molecule has 0 aliphatic rings. The second kappa shape index (κ2) is 5.55. The van der Waals surface area contributed by atoms with Crippen LogP contribution in [0.1, 0.15) is 12.5 Å². The van der Waals surface area contributed by atoms with E-state index in [0.29, 0.717) is 5.71 Å². The van der Waals surface area contributed by atoms with Gasteiger partial charge < -0.3 is 5.21 Å². The molecule has 0 aliphatic carbocycles. The summed E-state index contributed by atoms with van der Waals surface area (Å²) in [5.74, 6) is 0. The highest BCUT2D eigenvalue weighted by molar-refractivity contribution is 7.99. The zero-order valence-electron chi connectivity index (χ0n) is 9.50. The van der Waals surface area contributed by atoms with Gasteiger partial charge in [0.1, 0.15) is 0 Å². The molecule has 0 fully saturated rings. The van der Waals surface area contributed by atoms with Gasteiger partial charge in [-0.3, -0.25) is 0 Å². The molecule has 1 N–H and O–H groups in total. The lowest BCUT2D eigenvalue weighted by molar-refractivity contribution is 0.319. The molecule has 17 heavy (non-hydrogen) atoms. The highest BCUT2D eigenvalue weighted by Crippen LogP contribution is 2.27. The molecule has 0 atom stereocenters. The van der Waals surface area contributed by atoms with Gasteiger partial charge in [0.25, 0.3) is 0 Å². The monoisotopic (exact) mass is 243 g/mol. The highest BCUT2D eigenvalue weighted by atomic mass is 32.2. The summed E-state index contributed by atoms with van der Waals surface area (Å²) in [6.07, 6.45) is 0. The van der Waals surface area contributed by atoms with E-state index in [4.69, 9.17) is 5.21 Å². The van der Waals surface area contributed by atoms with Crippen molar-refractivity contribution in [2.75, 3.05) is 0 Å². The average Bonchev–Trinajstić information content (AvgIpc) is 2.40.